The van der Waals surface area contributed by atoms with Crippen molar-refractivity contribution in [3.8, 4) is 5.75 Å². The minimum absolute atomic E-state index is 0.0403. The van der Waals surface area contributed by atoms with Crippen molar-refractivity contribution in [3.63, 3.8) is 0 Å². The van der Waals surface area contributed by atoms with Crippen molar-refractivity contribution in [2.45, 2.75) is 44.7 Å². The standard InChI is InChI=1S/C15H22N2O2/c1-10(13-4-2-3-5-14(13)18)17-12-8-6-11(7-9-12)15(16)19/h2-5,10-12,17-18H,6-9H2,1H3,(H2,16,19). The van der Waals surface area contributed by atoms with E-state index in [1.54, 1.807) is 6.07 Å². The van der Waals surface area contributed by atoms with Crippen LogP contribution in [0, 0.1) is 5.92 Å². The molecule has 0 bridgehead atoms. The van der Waals surface area contributed by atoms with E-state index in [1.807, 2.05) is 18.2 Å². The van der Waals surface area contributed by atoms with Crippen molar-refractivity contribution in [2.75, 3.05) is 0 Å². The van der Waals surface area contributed by atoms with Crippen molar-refractivity contribution >= 4 is 5.91 Å². The van der Waals surface area contributed by atoms with Gasteiger partial charge in [0.2, 0.25) is 5.91 Å². The molecule has 1 aliphatic carbocycles. The summed E-state index contributed by atoms with van der Waals surface area (Å²) in [6.45, 7) is 2.05. The van der Waals surface area contributed by atoms with Gasteiger partial charge in [0.15, 0.2) is 0 Å². The van der Waals surface area contributed by atoms with Crippen LogP contribution < -0.4 is 11.1 Å². The molecule has 1 atom stereocenters. The van der Waals surface area contributed by atoms with Crippen LogP contribution in [-0.2, 0) is 4.79 Å². The lowest BCUT2D eigenvalue weighted by atomic mass is 9.85. The molecule has 1 fully saturated rings. The Hall–Kier alpha value is -1.55. The van der Waals surface area contributed by atoms with E-state index in [0.717, 1.165) is 31.2 Å². The predicted octanol–water partition coefficient (Wildman–Crippen LogP) is 2.09. The Labute approximate surface area is 114 Å². The first-order valence-electron chi connectivity index (χ1n) is 6.91. The lowest BCUT2D eigenvalue weighted by molar-refractivity contribution is -0.122. The fraction of sp³-hybridized carbons (Fsp3) is 0.533. The number of phenols is 1. The second-order valence-electron chi connectivity index (χ2n) is 5.40. The van der Waals surface area contributed by atoms with Crippen LogP contribution in [0.3, 0.4) is 0 Å². The van der Waals surface area contributed by atoms with Crippen LogP contribution in [0.1, 0.15) is 44.2 Å². The molecule has 4 heteroatoms. The second-order valence-corrected chi connectivity index (χ2v) is 5.40. The number of amides is 1. The normalized spacial score (nSPS) is 24.9. The highest BCUT2D eigenvalue weighted by atomic mass is 16.3. The zero-order chi connectivity index (χ0) is 13.8. The fourth-order valence-electron chi connectivity index (χ4n) is 2.84. The van der Waals surface area contributed by atoms with Gasteiger partial charge in [-0.05, 0) is 38.7 Å². The summed E-state index contributed by atoms with van der Waals surface area (Å²) in [4.78, 5) is 11.1. The Kier molecular flexibility index (Phi) is 4.43. The quantitative estimate of drug-likeness (QED) is 0.777. The SMILES string of the molecule is CC(NC1CCC(C(N)=O)CC1)c1ccccc1O. The Morgan fingerprint density at radius 3 is 2.53 bits per heavy atom. The maximum atomic E-state index is 11.1. The smallest absolute Gasteiger partial charge is 0.220 e. The molecule has 1 saturated carbocycles. The molecule has 0 aliphatic heterocycles. The van der Waals surface area contributed by atoms with Gasteiger partial charge in [-0.3, -0.25) is 4.79 Å². The molecular weight excluding hydrogens is 240 g/mol. The van der Waals surface area contributed by atoms with E-state index in [2.05, 4.69) is 12.2 Å². The summed E-state index contributed by atoms with van der Waals surface area (Å²) >= 11 is 0. The van der Waals surface area contributed by atoms with Crippen LogP contribution in [0.2, 0.25) is 0 Å². The maximum absolute atomic E-state index is 11.1. The highest BCUT2D eigenvalue weighted by Crippen LogP contribution is 2.28. The molecule has 0 radical (unpaired) electrons. The Balaban J connectivity index is 1.89. The number of hydrogen-bond acceptors (Lipinski definition) is 3. The predicted molar refractivity (Wildman–Crippen MR) is 74.6 cm³/mol. The minimum atomic E-state index is -0.174. The highest BCUT2D eigenvalue weighted by Gasteiger charge is 2.25. The van der Waals surface area contributed by atoms with Crippen molar-refractivity contribution < 1.29 is 9.90 Å². The summed E-state index contributed by atoms with van der Waals surface area (Å²) < 4.78 is 0. The molecule has 4 nitrogen and oxygen atoms in total. The lowest BCUT2D eigenvalue weighted by Crippen LogP contribution is -2.37. The number of benzene rings is 1. The zero-order valence-corrected chi connectivity index (χ0v) is 11.3. The lowest BCUT2D eigenvalue weighted by Gasteiger charge is -2.30. The number of carbonyl (C=O) groups is 1. The van der Waals surface area contributed by atoms with E-state index >= 15 is 0 Å². The second kappa shape index (κ2) is 6.06. The van der Waals surface area contributed by atoms with Crippen LogP contribution in [-0.4, -0.2) is 17.1 Å². The number of nitrogens with one attached hydrogen (secondary N) is 1. The van der Waals surface area contributed by atoms with Gasteiger partial charge < -0.3 is 16.2 Å². The van der Waals surface area contributed by atoms with Gasteiger partial charge in [0.1, 0.15) is 5.75 Å². The molecule has 0 aromatic heterocycles. The first-order valence-corrected chi connectivity index (χ1v) is 6.91. The summed E-state index contributed by atoms with van der Waals surface area (Å²) in [5.74, 6) is 0.194. The van der Waals surface area contributed by atoms with Crippen LogP contribution in [0.25, 0.3) is 0 Å². The first kappa shape index (κ1) is 13.9. The summed E-state index contributed by atoms with van der Waals surface area (Å²) in [6, 6.07) is 7.89. The summed E-state index contributed by atoms with van der Waals surface area (Å²) in [5.41, 5.74) is 6.25. The van der Waals surface area contributed by atoms with E-state index in [4.69, 9.17) is 5.73 Å². The van der Waals surface area contributed by atoms with Gasteiger partial charge in [-0.1, -0.05) is 18.2 Å². The number of phenolic OH excluding ortho intramolecular Hbond substituents is 1. The molecule has 0 heterocycles. The molecule has 104 valence electrons. The average molecular weight is 262 g/mol. The number of primary amides is 1. The monoisotopic (exact) mass is 262 g/mol. The van der Waals surface area contributed by atoms with Crippen molar-refractivity contribution in [1.82, 2.24) is 5.32 Å². The van der Waals surface area contributed by atoms with Gasteiger partial charge in [-0.15, -0.1) is 0 Å². The summed E-state index contributed by atoms with van der Waals surface area (Å²) in [7, 11) is 0. The number of rotatable bonds is 4. The van der Waals surface area contributed by atoms with E-state index < -0.39 is 0 Å². The van der Waals surface area contributed by atoms with Crippen LogP contribution >= 0.6 is 0 Å². The molecule has 0 saturated heterocycles. The summed E-state index contributed by atoms with van der Waals surface area (Å²) in [6.07, 6.45) is 3.65. The van der Waals surface area contributed by atoms with E-state index in [1.165, 1.54) is 0 Å². The third kappa shape index (κ3) is 3.47. The van der Waals surface area contributed by atoms with Crippen LogP contribution in [0.4, 0.5) is 0 Å². The van der Waals surface area contributed by atoms with Crippen LogP contribution in [0.5, 0.6) is 5.75 Å². The van der Waals surface area contributed by atoms with Gasteiger partial charge >= 0.3 is 0 Å². The molecule has 1 aromatic rings. The molecule has 0 spiro atoms. The summed E-state index contributed by atoms with van der Waals surface area (Å²) in [5, 5.41) is 13.3. The molecule has 1 aliphatic rings. The van der Waals surface area contributed by atoms with Gasteiger partial charge in [0.05, 0.1) is 0 Å². The molecule has 1 amide bonds. The van der Waals surface area contributed by atoms with Gasteiger partial charge in [-0.25, -0.2) is 0 Å². The number of nitrogens with two attached hydrogens (primary N) is 1. The Bertz CT molecular complexity index is 440. The first-order chi connectivity index (χ1) is 9.08. The fourth-order valence-corrected chi connectivity index (χ4v) is 2.84. The molecule has 19 heavy (non-hydrogen) atoms. The third-order valence-electron chi connectivity index (χ3n) is 4.02. The minimum Gasteiger partial charge on any atom is -0.508 e. The Morgan fingerprint density at radius 1 is 1.32 bits per heavy atom. The number of hydrogen-bond donors (Lipinski definition) is 3. The third-order valence-corrected chi connectivity index (χ3v) is 4.02. The van der Waals surface area contributed by atoms with Crippen molar-refractivity contribution in [1.29, 1.82) is 0 Å². The number of aromatic hydroxyl groups is 1. The molecular formula is C15H22N2O2. The topological polar surface area (TPSA) is 75.3 Å². The number of carbonyl (C=O) groups excluding carboxylic acids is 1. The van der Waals surface area contributed by atoms with Crippen molar-refractivity contribution in [2.24, 2.45) is 11.7 Å². The van der Waals surface area contributed by atoms with Gasteiger partial charge in [0, 0.05) is 23.6 Å². The average Bonchev–Trinajstić information content (AvgIpc) is 2.39. The Morgan fingerprint density at radius 2 is 1.95 bits per heavy atom. The molecule has 1 aromatic carbocycles. The van der Waals surface area contributed by atoms with Gasteiger partial charge in [0.25, 0.3) is 0 Å². The largest absolute Gasteiger partial charge is 0.508 e. The molecule has 1 unspecified atom stereocenters. The highest BCUT2D eigenvalue weighted by molar-refractivity contribution is 5.76. The zero-order valence-electron chi connectivity index (χ0n) is 11.3. The van der Waals surface area contributed by atoms with Gasteiger partial charge in [-0.2, -0.15) is 0 Å². The molecule has 4 N–H and O–H groups in total. The van der Waals surface area contributed by atoms with E-state index in [0.29, 0.717) is 11.8 Å². The van der Waals surface area contributed by atoms with Crippen molar-refractivity contribution in [3.05, 3.63) is 29.8 Å². The number of para-hydroxylation sites is 1. The maximum Gasteiger partial charge on any atom is 0.220 e. The molecule has 2 rings (SSSR count). The van der Waals surface area contributed by atoms with E-state index in [9.17, 15) is 9.90 Å². The van der Waals surface area contributed by atoms with Crippen LogP contribution in [0.15, 0.2) is 24.3 Å². The van der Waals surface area contributed by atoms with E-state index in [-0.39, 0.29) is 17.9 Å².